The van der Waals surface area contributed by atoms with Gasteiger partial charge in [0.1, 0.15) is 5.60 Å². The van der Waals surface area contributed by atoms with E-state index in [1.165, 1.54) is 4.90 Å². The van der Waals surface area contributed by atoms with Crippen molar-refractivity contribution in [3.05, 3.63) is 29.3 Å². The summed E-state index contributed by atoms with van der Waals surface area (Å²) >= 11 is 5.14. The fourth-order valence-corrected chi connectivity index (χ4v) is 2.95. The molecule has 1 fully saturated rings. The van der Waals surface area contributed by atoms with Gasteiger partial charge in [0.25, 0.3) is 0 Å². The third kappa shape index (κ3) is 6.64. The number of anilines is 1. The number of thiocarbonyl (C=S) groups is 1. The second-order valence-corrected chi connectivity index (χ2v) is 8.07. The highest BCUT2D eigenvalue weighted by molar-refractivity contribution is 7.80. The fourth-order valence-electron chi connectivity index (χ4n) is 2.65. The van der Waals surface area contributed by atoms with Gasteiger partial charge in [0.05, 0.1) is 11.1 Å². The van der Waals surface area contributed by atoms with E-state index in [1.54, 1.807) is 25.7 Å². The third-order valence-electron chi connectivity index (χ3n) is 4.06. The maximum Gasteiger partial charge on any atom is 0.416 e. The molecule has 0 unspecified atom stereocenters. The summed E-state index contributed by atoms with van der Waals surface area (Å²) in [5.74, 6) is 0. The van der Waals surface area contributed by atoms with Gasteiger partial charge < -0.3 is 19.9 Å². The lowest BCUT2D eigenvalue weighted by molar-refractivity contribution is -0.143. The number of benzene rings is 1. The molecular formula is C18H21F6N3O2S. The molecule has 1 aliphatic heterocycles. The molecule has 30 heavy (non-hydrogen) atoms. The average Bonchev–Trinajstić information content (AvgIpc) is 2.58. The molecule has 1 aromatic rings. The molecule has 0 aromatic heterocycles. The van der Waals surface area contributed by atoms with Crippen molar-refractivity contribution < 1.29 is 35.9 Å². The number of hydrogen-bond donors (Lipinski definition) is 1. The van der Waals surface area contributed by atoms with Crippen molar-refractivity contribution in [2.75, 3.05) is 31.5 Å². The van der Waals surface area contributed by atoms with Crippen LogP contribution in [0.5, 0.6) is 0 Å². The largest absolute Gasteiger partial charge is 0.444 e. The molecule has 0 bridgehead atoms. The Balaban J connectivity index is 2.07. The van der Waals surface area contributed by atoms with Crippen molar-refractivity contribution in [3.63, 3.8) is 0 Å². The van der Waals surface area contributed by atoms with E-state index in [4.69, 9.17) is 17.0 Å². The molecule has 1 aliphatic rings. The van der Waals surface area contributed by atoms with Crippen molar-refractivity contribution >= 4 is 29.1 Å². The van der Waals surface area contributed by atoms with Gasteiger partial charge in [0, 0.05) is 31.9 Å². The highest BCUT2D eigenvalue weighted by Gasteiger charge is 2.37. The molecule has 5 nitrogen and oxygen atoms in total. The maximum absolute atomic E-state index is 13.0. The van der Waals surface area contributed by atoms with Gasteiger partial charge in [-0.3, -0.25) is 0 Å². The number of nitrogens with one attached hydrogen (secondary N) is 1. The average molecular weight is 457 g/mol. The zero-order valence-corrected chi connectivity index (χ0v) is 17.3. The molecule has 0 aliphatic carbocycles. The Labute approximate surface area is 175 Å². The van der Waals surface area contributed by atoms with Crippen LogP contribution in [0.25, 0.3) is 0 Å². The fraction of sp³-hybridized carbons (Fsp3) is 0.556. The second kappa shape index (κ2) is 8.48. The molecule has 0 spiro atoms. The van der Waals surface area contributed by atoms with Gasteiger partial charge in [0.15, 0.2) is 5.11 Å². The van der Waals surface area contributed by atoms with Crippen LogP contribution >= 0.6 is 12.2 Å². The molecule has 12 heteroatoms. The monoisotopic (exact) mass is 457 g/mol. The molecule has 1 aromatic carbocycles. The highest BCUT2D eigenvalue weighted by atomic mass is 32.1. The minimum absolute atomic E-state index is 0.0358. The summed E-state index contributed by atoms with van der Waals surface area (Å²) < 4.78 is 83.1. The van der Waals surface area contributed by atoms with Gasteiger partial charge in [-0.05, 0) is 51.2 Å². The van der Waals surface area contributed by atoms with Crippen molar-refractivity contribution in [2.24, 2.45) is 0 Å². The van der Waals surface area contributed by atoms with E-state index in [2.05, 4.69) is 5.32 Å². The zero-order valence-electron chi connectivity index (χ0n) is 16.4. The number of nitrogens with zero attached hydrogens (tertiary/aromatic N) is 2. The molecule has 0 radical (unpaired) electrons. The molecule has 1 N–H and O–H groups in total. The number of piperazine rings is 1. The Morgan fingerprint density at radius 1 is 0.900 bits per heavy atom. The first-order chi connectivity index (χ1) is 13.6. The second-order valence-electron chi connectivity index (χ2n) is 7.68. The SMILES string of the molecule is CC(C)(C)OC(=O)N1CCN(C(=S)Nc2cc(C(F)(F)F)cc(C(F)(F)F)c2)CC1. The first-order valence-corrected chi connectivity index (χ1v) is 9.30. The van der Waals surface area contributed by atoms with Crippen molar-refractivity contribution in [1.82, 2.24) is 9.80 Å². The zero-order chi connectivity index (χ0) is 22.9. The van der Waals surface area contributed by atoms with Crippen LogP contribution in [-0.4, -0.2) is 52.8 Å². The van der Waals surface area contributed by atoms with Crippen LogP contribution in [0.4, 0.5) is 36.8 Å². The molecule has 2 rings (SSSR count). The summed E-state index contributed by atoms with van der Waals surface area (Å²) in [7, 11) is 0. The van der Waals surface area contributed by atoms with Gasteiger partial charge >= 0.3 is 18.4 Å². The Bertz CT molecular complexity index is 764. The number of rotatable bonds is 1. The van der Waals surface area contributed by atoms with E-state index in [9.17, 15) is 31.1 Å². The van der Waals surface area contributed by atoms with Gasteiger partial charge in [-0.2, -0.15) is 26.3 Å². The van der Waals surface area contributed by atoms with E-state index in [-0.39, 0.29) is 37.4 Å². The quantitative estimate of drug-likeness (QED) is 0.477. The Hall–Kier alpha value is -2.24. The Morgan fingerprint density at radius 2 is 1.33 bits per heavy atom. The topological polar surface area (TPSA) is 44.8 Å². The van der Waals surface area contributed by atoms with Gasteiger partial charge in [-0.15, -0.1) is 0 Å². The number of alkyl halides is 6. The molecule has 1 saturated heterocycles. The van der Waals surface area contributed by atoms with Crippen molar-refractivity contribution in [1.29, 1.82) is 0 Å². The van der Waals surface area contributed by atoms with E-state index in [0.717, 1.165) is 0 Å². The van der Waals surface area contributed by atoms with E-state index < -0.39 is 40.9 Å². The summed E-state index contributed by atoms with van der Waals surface area (Å²) in [6.45, 7) is 6.16. The van der Waals surface area contributed by atoms with Gasteiger partial charge in [0.2, 0.25) is 0 Å². The normalized spacial score (nSPS) is 15.8. The summed E-state index contributed by atoms with van der Waals surface area (Å²) in [6, 6.07) is 1.19. The van der Waals surface area contributed by atoms with E-state index >= 15 is 0 Å². The number of halogens is 6. The Morgan fingerprint density at radius 3 is 1.73 bits per heavy atom. The van der Waals surface area contributed by atoms with Crippen LogP contribution in [0.3, 0.4) is 0 Å². The number of ether oxygens (including phenoxy) is 1. The summed E-state index contributed by atoms with van der Waals surface area (Å²) in [6.07, 6.45) is -10.4. The molecule has 1 heterocycles. The molecule has 0 atom stereocenters. The minimum Gasteiger partial charge on any atom is -0.444 e. The van der Waals surface area contributed by atoms with Gasteiger partial charge in [-0.1, -0.05) is 0 Å². The smallest absolute Gasteiger partial charge is 0.416 e. The summed E-state index contributed by atoms with van der Waals surface area (Å²) in [5, 5.41) is 2.41. The lowest BCUT2D eigenvalue weighted by Crippen LogP contribution is -2.52. The van der Waals surface area contributed by atoms with Crippen LogP contribution in [0, 0.1) is 0 Å². The van der Waals surface area contributed by atoms with Crippen LogP contribution in [-0.2, 0) is 17.1 Å². The van der Waals surface area contributed by atoms with Crippen molar-refractivity contribution in [3.8, 4) is 0 Å². The van der Waals surface area contributed by atoms with Crippen LogP contribution < -0.4 is 5.32 Å². The number of hydrogen-bond acceptors (Lipinski definition) is 3. The molecule has 0 saturated carbocycles. The third-order valence-corrected chi connectivity index (χ3v) is 4.42. The van der Waals surface area contributed by atoms with Crippen LogP contribution in [0.1, 0.15) is 31.9 Å². The van der Waals surface area contributed by atoms with E-state index in [1.807, 2.05) is 0 Å². The number of carbonyl (C=O) groups excluding carboxylic acids is 1. The Kier molecular flexibility index (Phi) is 6.79. The lowest BCUT2D eigenvalue weighted by Gasteiger charge is -2.36. The molecule has 1 amide bonds. The lowest BCUT2D eigenvalue weighted by atomic mass is 10.1. The molecule has 168 valence electrons. The number of amides is 1. The van der Waals surface area contributed by atoms with Crippen molar-refractivity contribution in [2.45, 2.75) is 38.7 Å². The first-order valence-electron chi connectivity index (χ1n) is 8.89. The highest BCUT2D eigenvalue weighted by Crippen LogP contribution is 2.37. The minimum atomic E-state index is -4.95. The summed E-state index contributed by atoms with van der Waals surface area (Å²) in [5.41, 5.74) is -3.95. The van der Waals surface area contributed by atoms with Gasteiger partial charge in [-0.25, -0.2) is 4.79 Å². The molecular weight excluding hydrogens is 436 g/mol. The predicted molar refractivity (Wildman–Crippen MR) is 102 cm³/mol. The van der Waals surface area contributed by atoms with Crippen LogP contribution in [0.2, 0.25) is 0 Å². The number of carbonyl (C=O) groups is 1. The first kappa shape index (κ1) is 24.0. The predicted octanol–water partition coefficient (Wildman–Crippen LogP) is 4.97. The maximum atomic E-state index is 13.0. The summed E-state index contributed by atoms with van der Waals surface area (Å²) in [4.78, 5) is 15.1. The van der Waals surface area contributed by atoms with E-state index in [0.29, 0.717) is 12.1 Å². The van der Waals surface area contributed by atoms with Crippen LogP contribution in [0.15, 0.2) is 18.2 Å². The standard InChI is InChI=1S/C18H21F6N3O2S/c1-16(2,3)29-15(28)27-6-4-26(5-7-27)14(30)25-13-9-11(17(19,20)21)8-12(10-13)18(22,23)24/h8-10H,4-7H2,1-3H3,(H,25,30).